The molecule has 0 saturated heterocycles. The topological polar surface area (TPSA) is 81.6 Å². The molecule has 110 valence electrons. The summed E-state index contributed by atoms with van der Waals surface area (Å²) >= 11 is 0. The molecule has 0 aromatic carbocycles. The van der Waals surface area contributed by atoms with Gasteiger partial charge in [0.2, 0.25) is 0 Å². The minimum atomic E-state index is -0.570. The Morgan fingerprint density at radius 1 is 1.35 bits per heavy atom. The number of rotatable bonds is 6. The normalized spacial score (nSPS) is 10.2. The van der Waals surface area contributed by atoms with Gasteiger partial charge >= 0.3 is 11.9 Å². The van der Waals surface area contributed by atoms with Crippen molar-refractivity contribution in [1.29, 1.82) is 0 Å². The number of aromatic nitrogens is 2. The quantitative estimate of drug-likeness (QED) is 0.720. The second kappa shape index (κ2) is 7.42. The number of nitrogens with zero attached hydrogens (tertiary/aromatic N) is 3. The van der Waals surface area contributed by atoms with Gasteiger partial charge in [-0.3, -0.25) is 9.78 Å². The number of methoxy groups -OCH3 is 1. The Bertz CT molecular complexity index is 476. The molecule has 0 bridgehead atoms. The Hall–Kier alpha value is -2.18. The molecule has 0 radical (unpaired) electrons. The Morgan fingerprint density at radius 2 is 2.05 bits per heavy atom. The monoisotopic (exact) mass is 281 g/mol. The second-order valence-corrected chi connectivity index (χ2v) is 4.28. The van der Waals surface area contributed by atoms with E-state index in [2.05, 4.69) is 14.7 Å². The van der Waals surface area contributed by atoms with E-state index in [0.717, 1.165) is 0 Å². The van der Waals surface area contributed by atoms with Gasteiger partial charge in [0.25, 0.3) is 0 Å². The lowest BCUT2D eigenvalue weighted by Crippen LogP contribution is -2.37. The average Bonchev–Trinajstić information content (AvgIpc) is 2.44. The van der Waals surface area contributed by atoms with E-state index < -0.39 is 5.97 Å². The lowest BCUT2D eigenvalue weighted by atomic mass is 10.3. The fourth-order valence-electron chi connectivity index (χ4n) is 1.57. The molecule has 7 heteroatoms. The van der Waals surface area contributed by atoms with Crippen LogP contribution in [-0.2, 0) is 14.3 Å². The molecular formula is C13H19N3O4. The van der Waals surface area contributed by atoms with E-state index in [1.165, 1.54) is 19.5 Å². The van der Waals surface area contributed by atoms with Gasteiger partial charge in [-0.25, -0.2) is 9.78 Å². The third-order valence-corrected chi connectivity index (χ3v) is 2.54. The third-order valence-electron chi connectivity index (χ3n) is 2.54. The van der Waals surface area contributed by atoms with Crippen LogP contribution in [0, 0.1) is 0 Å². The van der Waals surface area contributed by atoms with Crippen LogP contribution in [0.4, 0.5) is 5.82 Å². The first kappa shape index (κ1) is 15.9. The van der Waals surface area contributed by atoms with E-state index in [1.54, 1.807) is 11.8 Å². The van der Waals surface area contributed by atoms with Crippen LogP contribution in [0.15, 0.2) is 12.4 Å². The van der Waals surface area contributed by atoms with Crippen molar-refractivity contribution in [2.45, 2.75) is 26.8 Å². The van der Waals surface area contributed by atoms with Gasteiger partial charge in [-0.2, -0.15) is 0 Å². The lowest BCUT2D eigenvalue weighted by molar-refractivity contribution is -0.141. The first-order valence-electron chi connectivity index (χ1n) is 6.32. The van der Waals surface area contributed by atoms with Crippen LogP contribution in [0.5, 0.6) is 0 Å². The summed E-state index contributed by atoms with van der Waals surface area (Å²) in [5.74, 6) is -0.499. The zero-order valence-corrected chi connectivity index (χ0v) is 12.1. The van der Waals surface area contributed by atoms with Gasteiger partial charge < -0.3 is 14.4 Å². The van der Waals surface area contributed by atoms with E-state index in [9.17, 15) is 9.59 Å². The standard InChI is InChI=1S/C13H19N3O4/c1-5-20-12(17)8-16(9(2)3)11-7-14-6-10(15-11)13(18)19-4/h6-7,9H,5,8H2,1-4H3. The van der Waals surface area contributed by atoms with Gasteiger partial charge in [0.05, 0.1) is 26.1 Å². The molecule has 0 atom stereocenters. The summed E-state index contributed by atoms with van der Waals surface area (Å²) in [4.78, 5) is 32.9. The SMILES string of the molecule is CCOC(=O)CN(c1cncc(C(=O)OC)n1)C(C)C. The number of esters is 2. The molecule has 0 N–H and O–H groups in total. The fourth-order valence-corrected chi connectivity index (χ4v) is 1.57. The Kier molecular flexibility index (Phi) is 5.89. The van der Waals surface area contributed by atoms with Crippen molar-refractivity contribution in [1.82, 2.24) is 9.97 Å². The first-order valence-corrected chi connectivity index (χ1v) is 6.32. The summed E-state index contributed by atoms with van der Waals surface area (Å²) in [5.41, 5.74) is 0.0968. The van der Waals surface area contributed by atoms with E-state index in [-0.39, 0.29) is 24.2 Å². The van der Waals surface area contributed by atoms with Gasteiger partial charge in [-0.05, 0) is 20.8 Å². The van der Waals surface area contributed by atoms with Crippen LogP contribution in [0.3, 0.4) is 0 Å². The van der Waals surface area contributed by atoms with Crippen molar-refractivity contribution in [3.05, 3.63) is 18.1 Å². The van der Waals surface area contributed by atoms with Crippen LogP contribution in [-0.4, -0.2) is 48.2 Å². The molecule has 0 aliphatic heterocycles. The summed E-state index contributed by atoms with van der Waals surface area (Å²) in [7, 11) is 1.27. The Balaban J connectivity index is 2.97. The molecule has 0 aliphatic carbocycles. The van der Waals surface area contributed by atoms with Crippen molar-refractivity contribution in [2.24, 2.45) is 0 Å². The number of carbonyl (C=O) groups excluding carboxylic acids is 2. The van der Waals surface area contributed by atoms with Crippen molar-refractivity contribution < 1.29 is 19.1 Å². The molecule has 0 saturated carbocycles. The van der Waals surface area contributed by atoms with Gasteiger partial charge in [0, 0.05) is 6.04 Å². The van der Waals surface area contributed by atoms with Crippen molar-refractivity contribution in [3.63, 3.8) is 0 Å². The number of anilines is 1. The fraction of sp³-hybridized carbons (Fsp3) is 0.538. The first-order chi connectivity index (χ1) is 9.49. The van der Waals surface area contributed by atoms with E-state index in [4.69, 9.17) is 4.74 Å². The second-order valence-electron chi connectivity index (χ2n) is 4.28. The van der Waals surface area contributed by atoms with Crippen LogP contribution in [0.25, 0.3) is 0 Å². The van der Waals surface area contributed by atoms with Gasteiger partial charge in [0.1, 0.15) is 12.4 Å². The number of hydrogen-bond donors (Lipinski definition) is 0. The molecule has 1 heterocycles. The molecular weight excluding hydrogens is 262 g/mol. The molecule has 0 unspecified atom stereocenters. The Labute approximate surface area is 117 Å². The van der Waals surface area contributed by atoms with Crippen LogP contribution >= 0.6 is 0 Å². The molecule has 0 aliphatic rings. The van der Waals surface area contributed by atoms with E-state index in [1.807, 2.05) is 13.8 Å². The third kappa shape index (κ3) is 4.18. The maximum absolute atomic E-state index is 11.6. The van der Waals surface area contributed by atoms with Crippen LogP contribution < -0.4 is 4.90 Å². The molecule has 20 heavy (non-hydrogen) atoms. The molecule has 1 aromatic heterocycles. The van der Waals surface area contributed by atoms with Crippen molar-refractivity contribution in [3.8, 4) is 0 Å². The highest BCUT2D eigenvalue weighted by molar-refractivity contribution is 5.87. The minimum Gasteiger partial charge on any atom is -0.465 e. The van der Waals surface area contributed by atoms with E-state index in [0.29, 0.717) is 12.4 Å². The smallest absolute Gasteiger partial charge is 0.358 e. The number of ether oxygens (including phenoxy) is 2. The molecule has 0 spiro atoms. The van der Waals surface area contributed by atoms with Crippen LogP contribution in [0.1, 0.15) is 31.3 Å². The highest BCUT2D eigenvalue weighted by Crippen LogP contribution is 2.13. The predicted octanol–water partition coefficient (Wildman–Crippen LogP) is 1.04. The molecule has 1 aromatic rings. The Morgan fingerprint density at radius 3 is 2.60 bits per heavy atom. The van der Waals surface area contributed by atoms with Gasteiger partial charge in [0.15, 0.2) is 5.69 Å². The van der Waals surface area contributed by atoms with Crippen molar-refractivity contribution in [2.75, 3.05) is 25.2 Å². The summed E-state index contributed by atoms with van der Waals surface area (Å²) in [6, 6.07) is 0.00148. The number of hydrogen-bond acceptors (Lipinski definition) is 7. The maximum atomic E-state index is 11.6. The predicted molar refractivity (Wildman–Crippen MR) is 72.5 cm³/mol. The zero-order chi connectivity index (χ0) is 15.1. The summed E-state index contributed by atoms with van der Waals surface area (Å²) < 4.78 is 9.52. The summed E-state index contributed by atoms with van der Waals surface area (Å²) in [6.07, 6.45) is 2.81. The van der Waals surface area contributed by atoms with Crippen LogP contribution in [0.2, 0.25) is 0 Å². The highest BCUT2D eigenvalue weighted by Gasteiger charge is 2.19. The average molecular weight is 281 g/mol. The maximum Gasteiger partial charge on any atom is 0.358 e. The zero-order valence-electron chi connectivity index (χ0n) is 12.1. The molecule has 1 rings (SSSR count). The lowest BCUT2D eigenvalue weighted by Gasteiger charge is -2.26. The summed E-state index contributed by atoms with van der Waals surface area (Å²) in [5, 5.41) is 0. The highest BCUT2D eigenvalue weighted by atomic mass is 16.5. The van der Waals surface area contributed by atoms with Gasteiger partial charge in [-0.15, -0.1) is 0 Å². The van der Waals surface area contributed by atoms with Gasteiger partial charge in [-0.1, -0.05) is 0 Å². The van der Waals surface area contributed by atoms with Crippen molar-refractivity contribution >= 4 is 17.8 Å². The summed E-state index contributed by atoms with van der Waals surface area (Å²) in [6.45, 7) is 5.93. The molecule has 0 fully saturated rings. The minimum absolute atomic E-state index is 0.00148. The molecule has 0 amide bonds. The van der Waals surface area contributed by atoms with E-state index >= 15 is 0 Å². The largest absolute Gasteiger partial charge is 0.465 e. The molecule has 7 nitrogen and oxygen atoms in total. The number of carbonyl (C=O) groups is 2.